The molecule has 1 N–H and O–H groups in total. The van der Waals surface area contributed by atoms with Crippen molar-refractivity contribution in [3.8, 4) is 11.5 Å². The highest BCUT2D eigenvalue weighted by Crippen LogP contribution is 2.27. The van der Waals surface area contributed by atoms with E-state index in [4.69, 9.17) is 27.7 Å². The zero-order valence-corrected chi connectivity index (χ0v) is 14.1. The second-order valence-corrected chi connectivity index (χ2v) is 6.33. The summed E-state index contributed by atoms with van der Waals surface area (Å²) in [5.74, 6) is 0.683. The molecule has 1 aliphatic rings. The maximum absolute atomic E-state index is 12.3. The van der Waals surface area contributed by atoms with Crippen molar-refractivity contribution in [1.29, 1.82) is 0 Å². The fraction of sp³-hybridized carbons (Fsp3) is 0.400. The molecule has 1 aromatic carbocycles. The minimum atomic E-state index is -0.000150. The molecule has 0 unspecified atom stereocenters. The van der Waals surface area contributed by atoms with Crippen LogP contribution >= 0.6 is 23.2 Å². The lowest BCUT2D eigenvalue weighted by Crippen LogP contribution is -2.51. The van der Waals surface area contributed by atoms with Gasteiger partial charge in [0.15, 0.2) is 5.82 Å². The fourth-order valence-electron chi connectivity index (χ4n) is 2.48. The van der Waals surface area contributed by atoms with Crippen LogP contribution in [-0.2, 0) is 11.2 Å². The molecule has 122 valence electrons. The van der Waals surface area contributed by atoms with Crippen LogP contribution in [0.4, 0.5) is 0 Å². The molecular weight excluding hydrogens is 339 g/mol. The van der Waals surface area contributed by atoms with E-state index in [2.05, 4.69) is 22.4 Å². The summed E-state index contributed by atoms with van der Waals surface area (Å²) in [6.07, 6.45) is 0.123. The van der Waals surface area contributed by atoms with E-state index in [1.165, 1.54) is 0 Å². The largest absolute Gasteiger partial charge is 0.339 e. The zero-order chi connectivity index (χ0) is 16.4. The lowest BCUT2D eigenvalue weighted by Gasteiger charge is -2.31. The highest BCUT2D eigenvalue weighted by Gasteiger charge is 2.22. The summed E-state index contributed by atoms with van der Waals surface area (Å²) in [6, 6.07) is 5.35. The zero-order valence-electron chi connectivity index (χ0n) is 12.6. The molecule has 1 fully saturated rings. The number of benzene rings is 1. The predicted molar refractivity (Wildman–Crippen MR) is 87.5 cm³/mol. The Kier molecular flexibility index (Phi) is 4.84. The summed E-state index contributed by atoms with van der Waals surface area (Å²) >= 11 is 11.9. The molecule has 1 aromatic heterocycles. The highest BCUT2D eigenvalue weighted by atomic mass is 35.5. The molecule has 23 heavy (non-hydrogen) atoms. The van der Waals surface area contributed by atoms with E-state index < -0.39 is 0 Å². The molecular formula is C15H16Cl2N4O2. The molecule has 8 heteroatoms. The smallest absolute Gasteiger partial charge is 0.257 e. The van der Waals surface area contributed by atoms with Gasteiger partial charge in [-0.15, -0.1) is 0 Å². The molecule has 0 radical (unpaired) electrons. The first kappa shape index (κ1) is 16.2. The minimum absolute atomic E-state index is 0.000150. The van der Waals surface area contributed by atoms with Crippen LogP contribution in [0.25, 0.3) is 11.5 Å². The predicted octanol–water partition coefficient (Wildman–Crippen LogP) is 2.41. The van der Waals surface area contributed by atoms with E-state index in [0.717, 1.165) is 6.54 Å². The Bertz CT molecular complexity index is 719. The summed E-state index contributed by atoms with van der Waals surface area (Å²) in [5.41, 5.74) is 0.668. The molecule has 2 aromatic rings. The molecule has 2 heterocycles. The van der Waals surface area contributed by atoms with Gasteiger partial charge in [0.25, 0.3) is 5.89 Å². The average Bonchev–Trinajstić information content (AvgIpc) is 2.98. The molecule has 3 rings (SSSR count). The van der Waals surface area contributed by atoms with Gasteiger partial charge in [-0.1, -0.05) is 28.4 Å². The monoisotopic (exact) mass is 354 g/mol. The van der Waals surface area contributed by atoms with E-state index in [1.54, 1.807) is 18.2 Å². The Balaban J connectivity index is 1.69. The van der Waals surface area contributed by atoms with Crippen LogP contribution in [0.3, 0.4) is 0 Å². The SMILES string of the molecule is C[C@H]1CN(C(=O)Cc2noc(-c3ccc(Cl)c(Cl)c3)n2)CCN1. The molecule has 0 aliphatic carbocycles. The Morgan fingerprint density at radius 2 is 2.26 bits per heavy atom. The van der Waals surface area contributed by atoms with Gasteiger partial charge in [-0.3, -0.25) is 4.79 Å². The van der Waals surface area contributed by atoms with Crippen molar-refractivity contribution in [3.05, 3.63) is 34.1 Å². The lowest BCUT2D eigenvalue weighted by atomic mass is 10.2. The number of rotatable bonds is 3. The maximum Gasteiger partial charge on any atom is 0.257 e. The molecule has 0 bridgehead atoms. The third-order valence-corrected chi connectivity index (χ3v) is 4.40. The van der Waals surface area contributed by atoms with Crippen LogP contribution in [0.2, 0.25) is 10.0 Å². The van der Waals surface area contributed by atoms with Crippen molar-refractivity contribution in [2.75, 3.05) is 19.6 Å². The quantitative estimate of drug-likeness (QED) is 0.916. The van der Waals surface area contributed by atoms with Gasteiger partial charge in [-0.05, 0) is 25.1 Å². The molecule has 1 saturated heterocycles. The number of nitrogens with one attached hydrogen (secondary N) is 1. The Hall–Kier alpha value is -1.63. The summed E-state index contributed by atoms with van der Waals surface area (Å²) in [6.45, 7) is 4.24. The maximum atomic E-state index is 12.3. The van der Waals surface area contributed by atoms with Crippen molar-refractivity contribution in [1.82, 2.24) is 20.4 Å². The number of aromatic nitrogens is 2. The van der Waals surface area contributed by atoms with Crippen molar-refractivity contribution in [2.24, 2.45) is 0 Å². The van der Waals surface area contributed by atoms with Crippen LogP contribution in [0.15, 0.2) is 22.7 Å². The number of carbonyl (C=O) groups excluding carboxylic acids is 1. The lowest BCUT2D eigenvalue weighted by molar-refractivity contribution is -0.131. The van der Waals surface area contributed by atoms with Crippen molar-refractivity contribution in [3.63, 3.8) is 0 Å². The standard InChI is InChI=1S/C15H16Cl2N4O2/c1-9-8-21(5-4-18-9)14(22)7-13-19-15(23-20-13)10-2-3-11(16)12(17)6-10/h2-3,6,9,18H,4-5,7-8H2,1H3/t9-/m0/s1. The van der Waals surface area contributed by atoms with Crippen molar-refractivity contribution < 1.29 is 9.32 Å². The first-order valence-electron chi connectivity index (χ1n) is 7.32. The van der Waals surface area contributed by atoms with Gasteiger partial charge < -0.3 is 14.7 Å². The van der Waals surface area contributed by atoms with Crippen LogP contribution in [-0.4, -0.2) is 46.6 Å². The second kappa shape index (κ2) is 6.86. The van der Waals surface area contributed by atoms with E-state index in [1.807, 2.05) is 4.90 Å². The molecule has 0 spiro atoms. The highest BCUT2D eigenvalue weighted by molar-refractivity contribution is 6.42. The third kappa shape index (κ3) is 3.83. The van der Waals surface area contributed by atoms with Crippen LogP contribution in [0.5, 0.6) is 0 Å². The molecule has 1 atom stereocenters. The number of piperazine rings is 1. The van der Waals surface area contributed by atoms with Crippen LogP contribution in [0, 0.1) is 0 Å². The van der Waals surface area contributed by atoms with Gasteiger partial charge in [0.2, 0.25) is 5.91 Å². The number of carbonyl (C=O) groups is 1. The summed E-state index contributed by atoms with van der Waals surface area (Å²) in [4.78, 5) is 18.4. The number of nitrogens with zero attached hydrogens (tertiary/aromatic N) is 3. The number of hydrogen-bond acceptors (Lipinski definition) is 5. The Morgan fingerprint density at radius 1 is 1.43 bits per heavy atom. The molecule has 1 aliphatic heterocycles. The van der Waals surface area contributed by atoms with Gasteiger partial charge in [0.05, 0.1) is 16.5 Å². The molecule has 0 saturated carbocycles. The van der Waals surface area contributed by atoms with E-state index in [-0.39, 0.29) is 12.3 Å². The third-order valence-electron chi connectivity index (χ3n) is 3.67. The normalized spacial score (nSPS) is 18.2. The Labute approximate surface area is 143 Å². The first-order chi connectivity index (χ1) is 11.0. The number of hydrogen-bond donors (Lipinski definition) is 1. The molecule has 1 amide bonds. The van der Waals surface area contributed by atoms with E-state index in [9.17, 15) is 4.79 Å². The average molecular weight is 355 g/mol. The van der Waals surface area contributed by atoms with Gasteiger partial charge in [0.1, 0.15) is 0 Å². The van der Waals surface area contributed by atoms with Crippen LogP contribution in [0.1, 0.15) is 12.7 Å². The summed E-state index contributed by atoms with van der Waals surface area (Å²) < 4.78 is 5.21. The summed E-state index contributed by atoms with van der Waals surface area (Å²) in [7, 11) is 0. The van der Waals surface area contributed by atoms with Gasteiger partial charge in [-0.25, -0.2) is 0 Å². The van der Waals surface area contributed by atoms with E-state index >= 15 is 0 Å². The van der Waals surface area contributed by atoms with Crippen molar-refractivity contribution in [2.45, 2.75) is 19.4 Å². The summed E-state index contributed by atoms with van der Waals surface area (Å²) in [5, 5.41) is 8.04. The minimum Gasteiger partial charge on any atom is -0.339 e. The number of halogens is 2. The van der Waals surface area contributed by atoms with Gasteiger partial charge in [0, 0.05) is 31.2 Å². The van der Waals surface area contributed by atoms with Gasteiger partial charge >= 0.3 is 0 Å². The van der Waals surface area contributed by atoms with E-state index in [0.29, 0.717) is 46.5 Å². The molecule has 6 nitrogen and oxygen atoms in total. The van der Waals surface area contributed by atoms with Crippen molar-refractivity contribution >= 4 is 29.1 Å². The Morgan fingerprint density at radius 3 is 3.00 bits per heavy atom. The first-order valence-corrected chi connectivity index (χ1v) is 8.07. The number of amides is 1. The second-order valence-electron chi connectivity index (χ2n) is 5.52. The van der Waals surface area contributed by atoms with Gasteiger partial charge in [-0.2, -0.15) is 4.98 Å². The topological polar surface area (TPSA) is 71.3 Å². The van der Waals surface area contributed by atoms with Crippen LogP contribution < -0.4 is 5.32 Å². The fourth-order valence-corrected chi connectivity index (χ4v) is 2.78.